The molecule has 358 valence electrons. The summed E-state index contributed by atoms with van der Waals surface area (Å²) >= 11 is 0. The fourth-order valence-electron chi connectivity index (χ4n) is 8.78. The Morgan fingerprint density at radius 3 is 1.80 bits per heavy atom. The van der Waals surface area contributed by atoms with Gasteiger partial charge in [-0.25, -0.2) is 9.59 Å². The molecule has 0 saturated carbocycles. The summed E-state index contributed by atoms with van der Waals surface area (Å²) < 4.78 is 56.5. The van der Waals surface area contributed by atoms with Gasteiger partial charge in [-0.2, -0.15) is 0 Å². The van der Waals surface area contributed by atoms with E-state index in [9.17, 15) is 9.59 Å². The third-order valence-corrected chi connectivity index (χ3v) is 12.6. The summed E-state index contributed by atoms with van der Waals surface area (Å²) in [6.45, 7) is 5.68. The van der Waals surface area contributed by atoms with E-state index in [1.54, 1.807) is 56.9 Å². The van der Waals surface area contributed by atoms with Crippen molar-refractivity contribution in [3.05, 3.63) is 106 Å². The highest BCUT2D eigenvalue weighted by Crippen LogP contribution is 2.44. The molecule has 1 aliphatic heterocycles. The van der Waals surface area contributed by atoms with Crippen molar-refractivity contribution in [2.45, 2.75) is 51.0 Å². The molecule has 0 amide bonds. The topological polar surface area (TPSA) is 130 Å². The van der Waals surface area contributed by atoms with Gasteiger partial charge in [0.15, 0.2) is 46.0 Å². The van der Waals surface area contributed by atoms with Gasteiger partial charge in [-0.05, 0) is 96.2 Å². The maximum Gasteiger partial charge on any atom is 0.331 e. The largest absolute Gasteiger partial charge is 0.493 e. The van der Waals surface area contributed by atoms with Crippen molar-refractivity contribution in [3.8, 4) is 46.0 Å². The lowest BCUT2D eigenvalue weighted by molar-refractivity contribution is -0.941. The molecule has 4 aromatic carbocycles. The van der Waals surface area contributed by atoms with Crippen LogP contribution >= 0.6 is 0 Å². The van der Waals surface area contributed by atoms with Crippen LogP contribution in [0.4, 0.5) is 0 Å². The number of methoxy groups -OCH3 is 8. The zero-order valence-electron chi connectivity index (χ0n) is 40.7. The lowest BCUT2D eigenvalue weighted by atomic mass is 9.86. The number of carbonyl (C=O) groups excluding carboxylic acids is 2. The van der Waals surface area contributed by atoms with Crippen LogP contribution in [0, 0.1) is 0 Å². The molecule has 66 heavy (non-hydrogen) atoms. The standard InChI is InChI=1S/C52H69N2O12/c1-35(37-15-17-44(58-5)46(30-37)60-7)40-33-49(63-10)47(61-8)31-38(40)20-23-53(2)22-12-26-65-51(55)18-19-52(56)66-27-13-24-54(3)25-21-39-32-48(62-9)50(64-11)34-41(39)42(54)28-36-14-16-43(57-4)45(29-36)59-6/h14-19,29-35,42H,12-13,20-28H2,1-11H3/q+1/b19-18-. The Labute approximate surface area is 390 Å². The van der Waals surface area contributed by atoms with Crippen LogP contribution in [0.3, 0.4) is 0 Å². The predicted octanol–water partition coefficient (Wildman–Crippen LogP) is 7.79. The van der Waals surface area contributed by atoms with Crippen LogP contribution in [-0.4, -0.2) is 132 Å². The zero-order valence-corrected chi connectivity index (χ0v) is 40.7. The molecule has 5 rings (SSSR count). The second-order valence-electron chi connectivity index (χ2n) is 16.7. The van der Waals surface area contributed by atoms with Gasteiger partial charge < -0.3 is 56.8 Å². The molecule has 0 saturated heterocycles. The normalized spacial score (nSPS) is 16.0. The number of benzene rings is 4. The number of quaternary nitrogens is 1. The van der Waals surface area contributed by atoms with E-state index in [0.717, 1.165) is 77.8 Å². The molecule has 3 unspecified atom stereocenters. The summed E-state index contributed by atoms with van der Waals surface area (Å²) in [6.07, 6.45) is 5.86. The number of likely N-dealkylation sites (N-methyl/N-ethyl adjacent to an activating group) is 2. The number of rotatable bonds is 25. The Balaban J connectivity index is 1.10. The Kier molecular flexibility index (Phi) is 18.8. The number of ether oxygens (including phenoxy) is 10. The van der Waals surface area contributed by atoms with Crippen LogP contribution in [0.15, 0.2) is 72.8 Å². The Hall–Kier alpha value is -6.12. The summed E-state index contributed by atoms with van der Waals surface area (Å²) in [4.78, 5) is 27.4. The zero-order chi connectivity index (χ0) is 47.8. The quantitative estimate of drug-likeness (QED) is 0.0278. The van der Waals surface area contributed by atoms with E-state index in [0.29, 0.717) is 65.4 Å². The predicted molar refractivity (Wildman–Crippen MR) is 253 cm³/mol. The van der Waals surface area contributed by atoms with E-state index in [2.05, 4.69) is 37.1 Å². The van der Waals surface area contributed by atoms with Crippen molar-refractivity contribution in [2.75, 3.05) is 110 Å². The van der Waals surface area contributed by atoms with Crippen LogP contribution in [0.1, 0.15) is 65.1 Å². The second-order valence-corrected chi connectivity index (χ2v) is 16.7. The fourth-order valence-corrected chi connectivity index (χ4v) is 8.78. The van der Waals surface area contributed by atoms with Crippen LogP contribution in [0.25, 0.3) is 0 Å². The van der Waals surface area contributed by atoms with Crippen LogP contribution in [0.5, 0.6) is 46.0 Å². The molecule has 14 heteroatoms. The number of nitrogens with zero attached hydrogens (tertiary/aromatic N) is 2. The molecular weight excluding hydrogens is 845 g/mol. The first-order valence-corrected chi connectivity index (χ1v) is 22.3. The monoisotopic (exact) mass is 913 g/mol. The van der Waals surface area contributed by atoms with E-state index in [1.165, 1.54) is 11.1 Å². The molecule has 1 aliphatic rings. The fraction of sp³-hybridized carbons (Fsp3) is 0.462. The Morgan fingerprint density at radius 1 is 0.652 bits per heavy atom. The molecule has 0 fully saturated rings. The summed E-state index contributed by atoms with van der Waals surface area (Å²) in [5, 5.41) is 0. The molecule has 0 bridgehead atoms. The molecule has 0 spiro atoms. The van der Waals surface area contributed by atoms with E-state index >= 15 is 0 Å². The summed E-state index contributed by atoms with van der Waals surface area (Å²) in [5.74, 6) is 4.27. The molecule has 0 aromatic heterocycles. The smallest absolute Gasteiger partial charge is 0.331 e. The van der Waals surface area contributed by atoms with Gasteiger partial charge in [0.1, 0.15) is 6.04 Å². The minimum atomic E-state index is -0.594. The molecule has 0 radical (unpaired) electrons. The van der Waals surface area contributed by atoms with E-state index in [1.807, 2.05) is 49.5 Å². The van der Waals surface area contributed by atoms with Gasteiger partial charge in [0, 0.05) is 56.0 Å². The first-order valence-electron chi connectivity index (χ1n) is 22.3. The molecule has 3 atom stereocenters. The van der Waals surface area contributed by atoms with Gasteiger partial charge in [0.05, 0.1) is 90.2 Å². The molecule has 14 nitrogen and oxygen atoms in total. The highest BCUT2D eigenvalue weighted by atomic mass is 16.5. The number of hydrogen-bond donors (Lipinski definition) is 0. The molecule has 4 aromatic rings. The van der Waals surface area contributed by atoms with Gasteiger partial charge >= 0.3 is 11.9 Å². The van der Waals surface area contributed by atoms with Crippen molar-refractivity contribution in [1.82, 2.24) is 4.90 Å². The highest BCUT2D eigenvalue weighted by molar-refractivity contribution is 5.91. The Bertz CT molecular complexity index is 2280. The maximum atomic E-state index is 12.7. The highest BCUT2D eigenvalue weighted by Gasteiger charge is 2.40. The third-order valence-electron chi connectivity index (χ3n) is 12.6. The second kappa shape index (κ2) is 24.4. The number of hydrogen-bond acceptors (Lipinski definition) is 13. The van der Waals surface area contributed by atoms with Gasteiger partial charge in [-0.1, -0.05) is 19.1 Å². The molecule has 0 N–H and O–H groups in total. The van der Waals surface area contributed by atoms with Gasteiger partial charge in [-0.15, -0.1) is 0 Å². The first kappa shape index (κ1) is 50.9. The van der Waals surface area contributed by atoms with Crippen molar-refractivity contribution >= 4 is 11.9 Å². The van der Waals surface area contributed by atoms with Crippen LogP contribution in [0.2, 0.25) is 0 Å². The molecular formula is C52H69N2O12+. The van der Waals surface area contributed by atoms with Crippen LogP contribution < -0.4 is 37.9 Å². The van der Waals surface area contributed by atoms with Crippen molar-refractivity contribution < 1.29 is 61.4 Å². The SMILES string of the molecule is COc1ccc(CC2c3cc(OC)c(OC)cc3CC[N+]2(C)CCCOC(=O)/C=C\C(=O)OCCCN(C)CCc2cc(OC)c(OC)cc2C(C)c2ccc(OC)c(OC)c2)cc1OC. The van der Waals surface area contributed by atoms with Gasteiger partial charge in [-0.3, -0.25) is 0 Å². The van der Waals surface area contributed by atoms with E-state index in [-0.39, 0.29) is 25.2 Å². The number of fused-ring (bicyclic) bond motifs is 1. The van der Waals surface area contributed by atoms with Crippen molar-refractivity contribution in [1.29, 1.82) is 0 Å². The molecule has 1 heterocycles. The minimum Gasteiger partial charge on any atom is -0.493 e. The average molecular weight is 914 g/mol. The lowest BCUT2D eigenvalue weighted by Crippen LogP contribution is -2.52. The van der Waals surface area contributed by atoms with E-state index in [4.69, 9.17) is 47.4 Å². The average Bonchev–Trinajstić information content (AvgIpc) is 3.34. The molecule has 0 aliphatic carbocycles. The summed E-state index contributed by atoms with van der Waals surface area (Å²) in [7, 11) is 17.4. The minimum absolute atomic E-state index is 0.0313. The van der Waals surface area contributed by atoms with Crippen LogP contribution in [-0.2, 0) is 38.3 Å². The lowest BCUT2D eigenvalue weighted by Gasteiger charge is -2.46. The van der Waals surface area contributed by atoms with E-state index < -0.39 is 11.9 Å². The maximum absolute atomic E-state index is 12.7. The number of esters is 2. The Morgan fingerprint density at radius 2 is 1.18 bits per heavy atom. The van der Waals surface area contributed by atoms with Gasteiger partial charge in [0.25, 0.3) is 0 Å². The first-order chi connectivity index (χ1) is 31.8. The van der Waals surface area contributed by atoms with Crippen molar-refractivity contribution in [3.63, 3.8) is 0 Å². The van der Waals surface area contributed by atoms with Gasteiger partial charge in [0.2, 0.25) is 0 Å². The summed E-state index contributed by atoms with van der Waals surface area (Å²) in [5.41, 5.74) is 6.87. The summed E-state index contributed by atoms with van der Waals surface area (Å²) in [6, 6.07) is 20.3. The van der Waals surface area contributed by atoms with Crippen molar-refractivity contribution in [2.24, 2.45) is 0 Å². The third kappa shape index (κ3) is 12.8. The number of carbonyl (C=O) groups is 2.